The standard InChI is InChI=1S/C18H30N2O/c1-14(2)19-12-16-7-8-17(15(3)11-16)20(4)13-18(21)9-5-6-10-18/h7-8,11,14,19,21H,5-6,9-10,12-13H2,1-4H3. The van der Waals surface area contributed by atoms with E-state index in [1.54, 1.807) is 0 Å². The molecule has 0 spiro atoms. The molecule has 0 amide bonds. The minimum absolute atomic E-state index is 0.487. The monoisotopic (exact) mass is 290 g/mol. The summed E-state index contributed by atoms with van der Waals surface area (Å²) in [5.41, 5.74) is 3.34. The number of hydrogen-bond donors (Lipinski definition) is 2. The van der Waals surface area contributed by atoms with Gasteiger partial charge in [0.05, 0.1) is 5.60 Å². The molecule has 0 radical (unpaired) electrons. The van der Waals surface area contributed by atoms with Crippen LogP contribution in [0.3, 0.4) is 0 Å². The van der Waals surface area contributed by atoms with Crippen molar-refractivity contribution < 1.29 is 5.11 Å². The maximum absolute atomic E-state index is 10.6. The third-order valence-corrected chi connectivity index (χ3v) is 4.45. The van der Waals surface area contributed by atoms with Gasteiger partial charge in [-0.25, -0.2) is 0 Å². The number of likely N-dealkylation sites (N-methyl/N-ethyl adjacent to an activating group) is 1. The predicted octanol–water partition coefficient (Wildman–Crippen LogP) is 3.23. The highest BCUT2D eigenvalue weighted by Gasteiger charge is 2.32. The van der Waals surface area contributed by atoms with E-state index in [0.29, 0.717) is 6.04 Å². The van der Waals surface area contributed by atoms with Gasteiger partial charge < -0.3 is 15.3 Å². The van der Waals surface area contributed by atoms with E-state index in [-0.39, 0.29) is 0 Å². The number of benzene rings is 1. The van der Waals surface area contributed by atoms with Gasteiger partial charge in [-0.05, 0) is 37.0 Å². The van der Waals surface area contributed by atoms with Gasteiger partial charge in [-0.2, -0.15) is 0 Å². The van der Waals surface area contributed by atoms with Crippen molar-refractivity contribution in [2.24, 2.45) is 0 Å². The van der Waals surface area contributed by atoms with Gasteiger partial charge in [0.2, 0.25) is 0 Å². The van der Waals surface area contributed by atoms with E-state index in [1.165, 1.54) is 16.8 Å². The molecular formula is C18H30N2O. The first kappa shape index (κ1) is 16.3. The van der Waals surface area contributed by atoms with Gasteiger partial charge in [0.15, 0.2) is 0 Å². The molecule has 1 saturated carbocycles. The largest absolute Gasteiger partial charge is 0.388 e. The van der Waals surface area contributed by atoms with Gasteiger partial charge >= 0.3 is 0 Å². The lowest BCUT2D eigenvalue weighted by Gasteiger charge is -2.31. The predicted molar refractivity (Wildman–Crippen MR) is 89.8 cm³/mol. The van der Waals surface area contributed by atoms with Crippen LogP contribution in [0.25, 0.3) is 0 Å². The van der Waals surface area contributed by atoms with Crippen molar-refractivity contribution >= 4 is 5.69 Å². The molecule has 0 heterocycles. The van der Waals surface area contributed by atoms with Crippen molar-refractivity contribution in [3.8, 4) is 0 Å². The lowest BCUT2D eigenvalue weighted by molar-refractivity contribution is 0.0559. The molecule has 118 valence electrons. The van der Waals surface area contributed by atoms with Crippen molar-refractivity contribution in [3.63, 3.8) is 0 Å². The van der Waals surface area contributed by atoms with Crippen molar-refractivity contribution in [3.05, 3.63) is 29.3 Å². The molecule has 0 unspecified atom stereocenters. The first-order chi connectivity index (χ1) is 9.89. The second-order valence-corrected chi connectivity index (χ2v) is 6.94. The molecule has 1 aromatic carbocycles. The van der Waals surface area contributed by atoms with Gasteiger partial charge in [-0.1, -0.05) is 38.8 Å². The highest BCUT2D eigenvalue weighted by atomic mass is 16.3. The summed E-state index contributed by atoms with van der Waals surface area (Å²) < 4.78 is 0. The van der Waals surface area contributed by atoms with Gasteiger partial charge in [0.1, 0.15) is 0 Å². The highest BCUT2D eigenvalue weighted by molar-refractivity contribution is 5.54. The molecule has 1 aliphatic carbocycles. The molecule has 0 aliphatic heterocycles. The summed E-state index contributed by atoms with van der Waals surface area (Å²) in [7, 11) is 2.09. The first-order valence-corrected chi connectivity index (χ1v) is 8.16. The van der Waals surface area contributed by atoms with E-state index in [2.05, 4.69) is 56.2 Å². The van der Waals surface area contributed by atoms with E-state index in [0.717, 1.165) is 38.8 Å². The summed E-state index contributed by atoms with van der Waals surface area (Å²) in [6, 6.07) is 7.13. The Kier molecular flexibility index (Phi) is 5.28. The molecule has 0 aromatic heterocycles. The molecular weight excluding hydrogens is 260 g/mol. The normalized spacial score (nSPS) is 17.4. The zero-order valence-corrected chi connectivity index (χ0v) is 13.9. The average molecular weight is 290 g/mol. The number of nitrogens with zero attached hydrogens (tertiary/aromatic N) is 1. The van der Waals surface area contributed by atoms with Crippen LogP contribution in [0.4, 0.5) is 5.69 Å². The summed E-state index contributed by atoms with van der Waals surface area (Å²) in [4.78, 5) is 2.21. The topological polar surface area (TPSA) is 35.5 Å². The molecule has 1 aromatic rings. The SMILES string of the molecule is Cc1cc(CNC(C)C)ccc1N(C)CC1(O)CCCC1. The van der Waals surface area contributed by atoms with Gasteiger partial charge in [0, 0.05) is 31.9 Å². The van der Waals surface area contributed by atoms with Crippen LogP contribution in [0.2, 0.25) is 0 Å². The van der Waals surface area contributed by atoms with Crippen molar-refractivity contribution in [2.75, 3.05) is 18.5 Å². The van der Waals surface area contributed by atoms with Crippen molar-refractivity contribution in [1.29, 1.82) is 0 Å². The van der Waals surface area contributed by atoms with Crippen LogP contribution >= 0.6 is 0 Å². The van der Waals surface area contributed by atoms with Crippen molar-refractivity contribution in [2.45, 2.75) is 64.6 Å². The lowest BCUT2D eigenvalue weighted by Crippen LogP contribution is -2.39. The summed E-state index contributed by atoms with van der Waals surface area (Å²) in [5, 5.41) is 14.0. The van der Waals surface area contributed by atoms with Gasteiger partial charge in [-0.15, -0.1) is 0 Å². The minimum Gasteiger partial charge on any atom is -0.388 e. The van der Waals surface area contributed by atoms with Crippen LogP contribution in [-0.2, 0) is 6.54 Å². The maximum Gasteiger partial charge on any atom is 0.0821 e. The van der Waals surface area contributed by atoms with Crippen molar-refractivity contribution in [1.82, 2.24) is 5.32 Å². The summed E-state index contributed by atoms with van der Waals surface area (Å²) in [6.07, 6.45) is 4.19. The Morgan fingerprint density at radius 1 is 1.29 bits per heavy atom. The summed E-state index contributed by atoms with van der Waals surface area (Å²) in [6.45, 7) is 8.13. The molecule has 1 fully saturated rings. The van der Waals surface area contributed by atoms with Crippen LogP contribution in [0.15, 0.2) is 18.2 Å². The number of hydrogen-bond acceptors (Lipinski definition) is 3. The second-order valence-electron chi connectivity index (χ2n) is 6.94. The molecule has 21 heavy (non-hydrogen) atoms. The number of nitrogens with one attached hydrogen (secondary N) is 1. The number of aliphatic hydroxyl groups is 1. The van der Waals surface area contributed by atoms with E-state index < -0.39 is 5.60 Å². The molecule has 2 rings (SSSR count). The number of aryl methyl sites for hydroxylation is 1. The molecule has 3 nitrogen and oxygen atoms in total. The Bertz CT molecular complexity index is 464. The average Bonchev–Trinajstić information content (AvgIpc) is 2.82. The van der Waals surface area contributed by atoms with Crippen LogP contribution in [0, 0.1) is 6.92 Å². The van der Waals surface area contributed by atoms with Crippen LogP contribution in [0.1, 0.15) is 50.7 Å². The fourth-order valence-corrected chi connectivity index (χ4v) is 3.30. The molecule has 1 aliphatic rings. The Labute approximate surface area is 129 Å². The molecule has 3 heteroatoms. The van der Waals surface area contributed by atoms with Crippen LogP contribution in [0.5, 0.6) is 0 Å². The molecule has 0 atom stereocenters. The van der Waals surface area contributed by atoms with E-state index >= 15 is 0 Å². The lowest BCUT2D eigenvalue weighted by atomic mass is 10.0. The van der Waals surface area contributed by atoms with E-state index in [1.807, 2.05) is 0 Å². The Balaban J connectivity index is 2.02. The third-order valence-electron chi connectivity index (χ3n) is 4.45. The van der Waals surface area contributed by atoms with Gasteiger partial charge in [0.25, 0.3) is 0 Å². The summed E-state index contributed by atoms with van der Waals surface area (Å²) in [5.74, 6) is 0. The number of rotatable bonds is 6. The van der Waals surface area contributed by atoms with Crippen LogP contribution in [-0.4, -0.2) is 30.3 Å². The van der Waals surface area contributed by atoms with E-state index in [9.17, 15) is 5.11 Å². The molecule has 0 saturated heterocycles. The molecule has 2 N–H and O–H groups in total. The Hall–Kier alpha value is -1.06. The third kappa shape index (κ3) is 4.45. The minimum atomic E-state index is -0.487. The Morgan fingerprint density at radius 3 is 2.52 bits per heavy atom. The van der Waals surface area contributed by atoms with Gasteiger partial charge in [-0.3, -0.25) is 0 Å². The summed E-state index contributed by atoms with van der Waals surface area (Å²) >= 11 is 0. The van der Waals surface area contributed by atoms with E-state index in [4.69, 9.17) is 0 Å². The maximum atomic E-state index is 10.6. The fraction of sp³-hybridized carbons (Fsp3) is 0.667. The highest BCUT2D eigenvalue weighted by Crippen LogP contribution is 2.32. The quantitative estimate of drug-likeness (QED) is 0.844. The molecule has 0 bridgehead atoms. The zero-order valence-electron chi connectivity index (χ0n) is 13.9. The smallest absolute Gasteiger partial charge is 0.0821 e. The fourth-order valence-electron chi connectivity index (χ4n) is 3.30. The van der Waals surface area contributed by atoms with Crippen LogP contribution < -0.4 is 10.2 Å². The Morgan fingerprint density at radius 2 is 1.95 bits per heavy atom. The number of anilines is 1. The zero-order chi connectivity index (χ0) is 15.5. The first-order valence-electron chi connectivity index (χ1n) is 8.16. The second kappa shape index (κ2) is 6.80.